The van der Waals surface area contributed by atoms with Gasteiger partial charge < -0.3 is 14.2 Å². The summed E-state index contributed by atoms with van der Waals surface area (Å²) in [5, 5.41) is 0. The zero-order chi connectivity index (χ0) is 9.38. The van der Waals surface area contributed by atoms with Crippen LogP contribution in [0.1, 0.15) is 11.9 Å². The Bertz CT molecular complexity index is 308. The van der Waals surface area contributed by atoms with Crippen molar-refractivity contribution in [3.8, 4) is 0 Å². The van der Waals surface area contributed by atoms with Crippen LogP contribution in [-0.2, 0) is 14.2 Å². The summed E-state index contributed by atoms with van der Waals surface area (Å²) in [6.07, 6.45) is 0.189. The molecule has 2 unspecified atom stereocenters. The SMILES string of the molecule is c1ccc(C2OCC([C@@H]3CO3)O2)cc1. The largest absolute Gasteiger partial charge is 0.370 e. The van der Waals surface area contributed by atoms with Crippen LogP contribution in [-0.4, -0.2) is 25.4 Å². The molecule has 2 saturated heterocycles. The molecule has 0 aromatic heterocycles. The van der Waals surface area contributed by atoms with Crippen LogP contribution in [0, 0.1) is 0 Å². The zero-order valence-corrected chi connectivity index (χ0v) is 7.76. The predicted octanol–water partition coefficient (Wildman–Crippen LogP) is 1.50. The number of ether oxygens (including phenoxy) is 3. The summed E-state index contributed by atoms with van der Waals surface area (Å²) in [6, 6.07) is 9.99. The Morgan fingerprint density at radius 2 is 1.71 bits per heavy atom. The summed E-state index contributed by atoms with van der Waals surface area (Å²) in [7, 11) is 0. The normalized spacial score (nSPS) is 35.9. The molecule has 0 aliphatic carbocycles. The number of benzene rings is 1. The first-order valence-corrected chi connectivity index (χ1v) is 4.87. The number of rotatable bonds is 2. The lowest BCUT2D eigenvalue weighted by atomic mass is 10.2. The third-order valence-electron chi connectivity index (χ3n) is 2.56. The quantitative estimate of drug-likeness (QED) is 0.665. The van der Waals surface area contributed by atoms with E-state index >= 15 is 0 Å². The smallest absolute Gasteiger partial charge is 0.184 e. The lowest BCUT2D eigenvalue weighted by Crippen LogP contribution is -2.17. The Morgan fingerprint density at radius 1 is 0.929 bits per heavy atom. The van der Waals surface area contributed by atoms with E-state index in [9.17, 15) is 0 Å². The second-order valence-electron chi connectivity index (χ2n) is 3.62. The molecule has 2 aliphatic rings. The highest BCUT2D eigenvalue weighted by molar-refractivity contribution is 5.16. The third kappa shape index (κ3) is 1.54. The molecule has 2 aliphatic heterocycles. The lowest BCUT2D eigenvalue weighted by molar-refractivity contribution is -0.0636. The van der Waals surface area contributed by atoms with E-state index in [0.717, 1.165) is 12.2 Å². The molecule has 0 saturated carbocycles. The van der Waals surface area contributed by atoms with E-state index in [1.807, 2.05) is 30.3 Å². The van der Waals surface area contributed by atoms with Gasteiger partial charge in [-0.2, -0.15) is 0 Å². The third-order valence-corrected chi connectivity index (χ3v) is 2.56. The molecule has 74 valence electrons. The molecule has 14 heavy (non-hydrogen) atoms. The van der Waals surface area contributed by atoms with Crippen molar-refractivity contribution in [3.63, 3.8) is 0 Å². The maximum absolute atomic E-state index is 5.72. The van der Waals surface area contributed by atoms with Gasteiger partial charge in [0.25, 0.3) is 0 Å². The monoisotopic (exact) mass is 192 g/mol. The van der Waals surface area contributed by atoms with Crippen LogP contribution < -0.4 is 0 Å². The van der Waals surface area contributed by atoms with Crippen molar-refractivity contribution in [1.29, 1.82) is 0 Å². The van der Waals surface area contributed by atoms with Crippen LogP contribution in [0.2, 0.25) is 0 Å². The minimum absolute atomic E-state index is 0.125. The minimum atomic E-state index is -0.203. The number of hydrogen-bond acceptors (Lipinski definition) is 3. The molecule has 2 heterocycles. The van der Waals surface area contributed by atoms with E-state index in [2.05, 4.69) is 0 Å². The highest BCUT2D eigenvalue weighted by Gasteiger charge is 2.40. The van der Waals surface area contributed by atoms with Gasteiger partial charge in [-0.3, -0.25) is 0 Å². The Morgan fingerprint density at radius 3 is 2.43 bits per heavy atom. The summed E-state index contributed by atoms with van der Waals surface area (Å²) in [6.45, 7) is 1.46. The first-order valence-electron chi connectivity index (χ1n) is 4.87. The molecular weight excluding hydrogens is 180 g/mol. The fraction of sp³-hybridized carbons (Fsp3) is 0.455. The molecule has 0 amide bonds. The molecule has 3 nitrogen and oxygen atoms in total. The van der Waals surface area contributed by atoms with Crippen LogP contribution >= 0.6 is 0 Å². The van der Waals surface area contributed by atoms with E-state index in [0.29, 0.717) is 6.61 Å². The minimum Gasteiger partial charge on any atom is -0.370 e. The molecular formula is C11H12O3. The van der Waals surface area contributed by atoms with Crippen LogP contribution in [0.15, 0.2) is 30.3 Å². The molecule has 0 radical (unpaired) electrons. The van der Waals surface area contributed by atoms with Gasteiger partial charge in [-0.05, 0) is 0 Å². The van der Waals surface area contributed by atoms with Crippen LogP contribution in [0.5, 0.6) is 0 Å². The average Bonchev–Trinajstić information content (AvgIpc) is 2.98. The van der Waals surface area contributed by atoms with Gasteiger partial charge >= 0.3 is 0 Å². The predicted molar refractivity (Wildman–Crippen MR) is 49.7 cm³/mol. The Labute approximate surface area is 82.6 Å². The summed E-state index contributed by atoms with van der Waals surface area (Å²) < 4.78 is 16.4. The fourth-order valence-electron chi connectivity index (χ4n) is 1.67. The van der Waals surface area contributed by atoms with Crippen molar-refractivity contribution in [2.45, 2.75) is 18.5 Å². The molecule has 0 bridgehead atoms. The van der Waals surface area contributed by atoms with Crippen LogP contribution in [0.3, 0.4) is 0 Å². The molecule has 2 fully saturated rings. The molecule has 3 rings (SSSR count). The van der Waals surface area contributed by atoms with Gasteiger partial charge in [0, 0.05) is 5.56 Å². The van der Waals surface area contributed by atoms with Crippen LogP contribution in [0.4, 0.5) is 0 Å². The fourth-order valence-corrected chi connectivity index (χ4v) is 1.67. The maximum Gasteiger partial charge on any atom is 0.184 e. The Balaban J connectivity index is 1.70. The molecule has 0 N–H and O–H groups in total. The summed E-state index contributed by atoms with van der Waals surface area (Å²) >= 11 is 0. The topological polar surface area (TPSA) is 31.0 Å². The second-order valence-corrected chi connectivity index (χ2v) is 3.62. The summed E-state index contributed by atoms with van der Waals surface area (Å²) in [5.74, 6) is 0. The van der Waals surface area contributed by atoms with Crippen molar-refractivity contribution < 1.29 is 14.2 Å². The molecule has 3 atom stereocenters. The average molecular weight is 192 g/mol. The second kappa shape index (κ2) is 3.35. The van der Waals surface area contributed by atoms with Gasteiger partial charge in [0.15, 0.2) is 6.29 Å². The van der Waals surface area contributed by atoms with E-state index in [-0.39, 0.29) is 18.5 Å². The van der Waals surface area contributed by atoms with Gasteiger partial charge in [0.05, 0.1) is 13.2 Å². The standard InChI is InChI=1S/C11H12O3/c1-2-4-8(5-3-1)11-13-7-10(14-11)9-6-12-9/h1-5,9-11H,6-7H2/t9-,10?,11?/m0/s1. The molecule has 0 spiro atoms. The molecule has 3 heteroatoms. The van der Waals surface area contributed by atoms with E-state index < -0.39 is 0 Å². The lowest BCUT2D eigenvalue weighted by Gasteiger charge is -2.09. The molecule has 1 aromatic carbocycles. The van der Waals surface area contributed by atoms with Crippen molar-refractivity contribution in [1.82, 2.24) is 0 Å². The van der Waals surface area contributed by atoms with Crippen molar-refractivity contribution in [3.05, 3.63) is 35.9 Å². The number of epoxide rings is 1. The van der Waals surface area contributed by atoms with Crippen molar-refractivity contribution in [2.24, 2.45) is 0 Å². The molecule has 1 aromatic rings. The highest BCUT2D eigenvalue weighted by Crippen LogP contribution is 2.31. The van der Waals surface area contributed by atoms with E-state index in [4.69, 9.17) is 14.2 Å². The first kappa shape index (κ1) is 8.41. The zero-order valence-electron chi connectivity index (χ0n) is 7.76. The Kier molecular flexibility index (Phi) is 2.01. The summed E-state index contributed by atoms with van der Waals surface area (Å²) in [4.78, 5) is 0. The van der Waals surface area contributed by atoms with E-state index in [1.165, 1.54) is 0 Å². The van der Waals surface area contributed by atoms with Gasteiger partial charge in [0.1, 0.15) is 12.2 Å². The van der Waals surface area contributed by atoms with Crippen molar-refractivity contribution in [2.75, 3.05) is 13.2 Å². The van der Waals surface area contributed by atoms with Gasteiger partial charge in [-0.15, -0.1) is 0 Å². The summed E-state index contributed by atoms with van der Waals surface area (Å²) in [5.41, 5.74) is 1.08. The van der Waals surface area contributed by atoms with Gasteiger partial charge in [-0.25, -0.2) is 0 Å². The van der Waals surface area contributed by atoms with E-state index in [1.54, 1.807) is 0 Å². The van der Waals surface area contributed by atoms with Gasteiger partial charge in [0.2, 0.25) is 0 Å². The number of hydrogen-bond donors (Lipinski definition) is 0. The maximum atomic E-state index is 5.72. The highest BCUT2D eigenvalue weighted by atomic mass is 16.7. The van der Waals surface area contributed by atoms with Gasteiger partial charge in [-0.1, -0.05) is 30.3 Å². The van der Waals surface area contributed by atoms with Crippen LogP contribution in [0.25, 0.3) is 0 Å². The first-order chi connectivity index (χ1) is 6.93. The van der Waals surface area contributed by atoms with Crippen molar-refractivity contribution >= 4 is 0 Å². The Hall–Kier alpha value is -0.900.